The summed E-state index contributed by atoms with van der Waals surface area (Å²) in [6.45, 7) is 5.04. The molecule has 0 atom stereocenters. The highest BCUT2D eigenvalue weighted by atomic mass is 16.5. The lowest BCUT2D eigenvalue weighted by atomic mass is 10.4. The second-order valence-electron chi connectivity index (χ2n) is 4.54. The Morgan fingerprint density at radius 3 is 3.00 bits per heavy atom. The zero-order valence-electron chi connectivity index (χ0n) is 11.4. The topological polar surface area (TPSA) is 67.4 Å². The van der Waals surface area contributed by atoms with Crippen LogP contribution in [0.3, 0.4) is 0 Å². The SMILES string of the molecule is CCN(CCNc1ccnc(C(=O)OC)n1)C1CC1. The first-order chi connectivity index (χ1) is 9.24. The van der Waals surface area contributed by atoms with Gasteiger partial charge in [0.15, 0.2) is 0 Å². The van der Waals surface area contributed by atoms with Gasteiger partial charge in [0.25, 0.3) is 0 Å². The van der Waals surface area contributed by atoms with E-state index in [1.165, 1.54) is 20.0 Å². The summed E-state index contributed by atoms with van der Waals surface area (Å²) in [4.78, 5) is 21.7. The molecule has 1 fully saturated rings. The van der Waals surface area contributed by atoms with Crippen molar-refractivity contribution in [1.29, 1.82) is 0 Å². The van der Waals surface area contributed by atoms with Gasteiger partial charge in [-0.3, -0.25) is 4.90 Å². The molecule has 1 heterocycles. The number of anilines is 1. The lowest BCUT2D eigenvalue weighted by molar-refractivity contribution is 0.0587. The molecule has 0 saturated heterocycles. The summed E-state index contributed by atoms with van der Waals surface area (Å²) in [5.74, 6) is 0.223. The molecule has 2 rings (SSSR count). The van der Waals surface area contributed by atoms with E-state index in [4.69, 9.17) is 0 Å². The Balaban J connectivity index is 1.83. The number of likely N-dealkylation sites (N-methyl/N-ethyl adjacent to an activating group) is 1. The van der Waals surface area contributed by atoms with Gasteiger partial charge in [-0.25, -0.2) is 14.8 Å². The average molecular weight is 264 g/mol. The summed E-state index contributed by atoms with van der Waals surface area (Å²) in [6.07, 6.45) is 4.18. The minimum atomic E-state index is -0.517. The van der Waals surface area contributed by atoms with Crippen molar-refractivity contribution in [1.82, 2.24) is 14.9 Å². The van der Waals surface area contributed by atoms with Crippen molar-refractivity contribution in [2.45, 2.75) is 25.8 Å². The minimum Gasteiger partial charge on any atom is -0.463 e. The molecule has 0 aromatic carbocycles. The number of rotatable bonds is 7. The van der Waals surface area contributed by atoms with E-state index >= 15 is 0 Å². The van der Waals surface area contributed by atoms with Gasteiger partial charge in [-0.2, -0.15) is 0 Å². The second-order valence-corrected chi connectivity index (χ2v) is 4.54. The van der Waals surface area contributed by atoms with E-state index in [-0.39, 0.29) is 5.82 Å². The largest absolute Gasteiger partial charge is 0.463 e. The van der Waals surface area contributed by atoms with Crippen LogP contribution in [0.25, 0.3) is 0 Å². The lowest BCUT2D eigenvalue weighted by Gasteiger charge is -2.19. The van der Waals surface area contributed by atoms with Crippen LogP contribution < -0.4 is 5.32 Å². The molecule has 0 unspecified atom stereocenters. The highest BCUT2D eigenvalue weighted by Gasteiger charge is 2.27. The average Bonchev–Trinajstić information content (AvgIpc) is 3.27. The second kappa shape index (κ2) is 6.47. The molecular weight excluding hydrogens is 244 g/mol. The molecule has 1 aliphatic rings. The Hall–Kier alpha value is -1.69. The first-order valence-electron chi connectivity index (χ1n) is 6.64. The van der Waals surface area contributed by atoms with Gasteiger partial charge in [-0.15, -0.1) is 0 Å². The van der Waals surface area contributed by atoms with Crippen LogP contribution in [0.15, 0.2) is 12.3 Å². The minimum absolute atomic E-state index is 0.0852. The molecule has 1 aliphatic carbocycles. The number of carbonyl (C=O) groups is 1. The van der Waals surface area contributed by atoms with E-state index in [2.05, 4.69) is 31.8 Å². The molecule has 0 spiro atoms. The summed E-state index contributed by atoms with van der Waals surface area (Å²) in [7, 11) is 1.32. The van der Waals surface area contributed by atoms with Crippen LogP contribution in [-0.4, -0.2) is 53.6 Å². The maximum Gasteiger partial charge on any atom is 0.376 e. The highest BCUT2D eigenvalue weighted by Crippen LogP contribution is 2.25. The Bertz CT molecular complexity index is 434. The number of hydrogen-bond donors (Lipinski definition) is 1. The predicted octanol–water partition coefficient (Wildman–Crippen LogP) is 1.16. The van der Waals surface area contributed by atoms with Gasteiger partial charge in [0.1, 0.15) is 5.82 Å². The van der Waals surface area contributed by atoms with Crippen LogP contribution in [0, 0.1) is 0 Å². The van der Waals surface area contributed by atoms with E-state index < -0.39 is 5.97 Å². The number of carbonyl (C=O) groups excluding carboxylic acids is 1. The third-order valence-corrected chi connectivity index (χ3v) is 3.20. The summed E-state index contributed by atoms with van der Waals surface area (Å²) in [5.41, 5.74) is 0. The molecule has 1 N–H and O–H groups in total. The third kappa shape index (κ3) is 3.89. The smallest absolute Gasteiger partial charge is 0.376 e. The molecule has 0 radical (unpaired) electrons. The lowest BCUT2D eigenvalue weighted by Crippen LogP contribution is -2.31. The van der Waals surface area contributed by atoms with E-state index in [0.717, 1.165) is 25.7 Å². The van der Waals surface area contributed by atoms with Gasteiger partial charge in [0.2, 0.25) is 5.82 Å². The fourth-order valence-corrected chi connectivity index (χ4v) is 2.01. The normalized spacial score (nSPS) is 14.5. The molecule has 19 heavy (non-hydrogen) atoms. The molecule has 6 heteroatoms. The Kier molecular flexibility index (Phi) is 4.68. The molecule has 0 amide bonds. The van der Waals surface area contributed by atoms with Crippen molar-refractivity contribution in [2.75, 3.05) is 32.1 Å². The molecule has 1 saturated carbocycles. The van der Waals surface area contributed by atoms with E-state index in [1.807, 2.05) is 0 Å². The summed E-state index contributed by atoms with van der Waals surface area (Å²) in [5, 5.41) is 3.21. The molecule has 0 aliphatic heterocycles. The summed E-state index contributed by atoms with van der Waals surface area (Å²) >= 11 is 0. The van der Waals surface area contributed by atoms with E-state index in [9.17, 15) is 4.79 Å². The van der Waals surface area contributed by atoms with Gasteiger partial charge in [-0.05, 0) is 25.5 Å². The number of hydrogen-bond acceptors (Lipinski definition) is 6. The molecule has 6 nitrogen and oxygen atoms in total. The first-order valence-corrected chi connectivity index (χ1v) is 6.64. The fourth-order valence-electron chi connectivity index (χ4n) is 2.01. The van der Waals surface area contributed by atoms with Crippen molar-refractivity contribution < 1.29 is 9.53 Å². The number of nitrogens with one attached hydrogen (secondary N) is 1. The quantitative estimate of drug-likeness (QED) is 0.745. The van der Waals surface area contributed by atoms with Crippen molar-refractivity contribution in [3.05, 3.63) is 18.1 Å². The van der Waals surface area contributed by atoms with Crippen molar-refractivity contribution in [3.63, 3.8) is 0 Å². The maximum absolute atomic E-state index is 11.3. The number of esters is 1. The Morgan fingerprint density at radius 2 is 2.37 bits per heavy atom. The van der Waals surface area contributed by atoms with Crippen LogP contribution >= 0.6 is 0 Å². The number of methoxy groups -OCH3 is 1. The standard InChI is InChI=1S/C13H20N4O2/c1-3-17(10-4-5-10)9-8-14-11-6-7-15-12(16-11)13(18)19-2/h6-7,10H,3-5,8-9H2,1-2H3,(H,14,15,16). The highest BCUT2D eigenvalue weighted by molar-refractivity contribution is 5.85. The number of ether oxygens (including phenoxy) is 1. The Morgan fingerprint density at radius 1 is 1.58 bits per heavy atom. The molecule has 104 valence electrons. The first kappa shape index (κ1) is 13.7. The zero-order chi connectivity index (χ0) is 13.7. The summed E-state index contributed by atoms with van der Waals surface area (Å²) in [6, 6.07) is 2.52. The monoisotopic (exact) mass is 264 g/mol. The van der Waals surface area contributed by atoms with Gasteiger partial charge in [0.05, 0.1) is 7.11 Å². The third-order valence-electron chi connectivity index (χ3n) is 3.20. The summed E-state index contributed by atoms with van der Waals surface area (Å²) < 4.78 is 4.59. The van der Waals surface area contributed by atoms with Gasteiger partial charge in [0, 0.05) is 25.3 Å². The van der Waals surface area contributed by atoms with Crippen molar-refractivity contribution in [3.8, 4) is 0 Å². The molecule has 0 bridgehead atoms. The fraction of sp³-hybridized carbons (Fsp3) is 0.615. The van der Waals surface area contributed by atoms with Gasteiger partial charge >= 0.3 is 5.97 Å². The number of aromatic nitrogens is 2. The molecule has 1 aromatic heterocycles. The van der Waals surface area contributed by atoms with Crippen LogP contribution in [0.5, 0.6) is 0 Å². The van der Waals surface area contributed by atoms with E-state index in [1.54, 1.807) is 12.3 Å². The molecular formula is C13H20N4O2. The van der Waals surface area contributed by atoms with Gasteiger partial charge in [-0.1, -0.05) is 6.92 Å². The van der Waals surface area contributed by atoms with Crippen LogP contribution in [0.4, 0.5) is 5.82 Å². The van der Waals surface area contributed by atoms with Crippen molar-refractivity contribution in [2.24, 2.45) is 0 Å². The Labute approximate surface area is 113 Å². The van der Waals surface area contributed by atoms with Crippen molar-refractivity contribution >= 4 is 11.8 Å². The molecule has 1 aromatic rings. The van der Waals surface area contributed by atoms with Crippen LogP contribution in [0.2, 0.25) is 0 Å². The van der Waals surface area contributed by atoms with E-state index in [0.29, 0.717) is 5.82 Å². The van der Waals surface area contributed by atoms with Crippen LogP contribution in [0.1, 0.15) is 30.4 Å². The zero-order valence-corrected chi connectivity index (χ0v) is 11.4. The van der Waals surface area contributed by atoms with Gasteiger partial charge < -0.3 is 10.1 Å². The van der Waals surface area contributed by atoms with Crippen LogP contribution in [-0.2, 0) is 4.74 Å². The number of nitrogens with zero attached hydrogens (tertiary/aromatic N) is 3. The predicted molar refractivity (Wildman–Crippen MR) is 72.1 cm³/mol. The maximum atomic E-state index is 11.3.